The van der Waals surface area contributed by atoms with Gasteiger partial charge < -0.3 is 4.98 Å². The lowest BCUT2D eigenvalue weighted by molar-refractivity contribution is 0.507. The highest BCUT2D eigenvalue weighted by Crippen LogP contribution is 2.42. The van der Waals surface area contributed by atoms with Crippen LogP contribution in [0.2, 0.25) is 0 Å². The maximum Gasteiger partial charge on any atom is 0.252 e. The fraction of sp³-hybridized carbons (Fsp3) is 0.391. The second-order valence-corrected chi connectivity index (χ2v) is 10.4. The molecule has 8 nitrogen and oxygen atoms in total. The van der Waals surface area contributed by atoms with Crippen molar-refractivity contribution in [2.75, 3.05) is 5.75 Å². The first kappa shape index (κ1) is 20.8. The molecule has 9 heteroatoms. The van der Waals surface area contributed by atoms with Crippen LogP contribution in [0.1, 0.15) is 43.5 Å². The zero-order valence-corrected chi connectivity index (χ0v) is 18.7. The summed E-state index contributed by atoms with van der Waals surface area (Å²) in [7, 11) is -3.46. The minimum atomic E-state index is -3.46. The highest BCUT2D eigenvalue weighted by molar-refractivity contribution is 7.90. The van der Waals surface area contributed by atoms with Crippen molar-refractivity contribution in [2.24, 2.45) is 16.2 Å². The van der Waals surface area contributed by atoms with Gasteiger partial charge >= 0.3 is 0 Å². The second kappa shape index (κ2) is 8.46. The summed E-state index contributed by atoms with van der Waals surface area (Å²) < 4.78 is 30.9. The van der Waals surface area contributed by atoms with Crippen LogP contribution in [0.5, 0.6) is 0 Å². The molecule has 3 heterocycles. The summed E-state index contributed by atoms with van der Waals surface area (Å²) >= 11 is 0. The average Bonchev–Trinajstić information content (AvgIpc) is 3.50. The third kappa shape index (κ3) is 4.17. The number of aromatic nitrogens is 5. The van der Waals surface area contributed by atoms with E-state index in [0.717, 1.165) is 47.5 Å². The van der Waals surface area contributed by atoms with E-state index in [2.05, 4.69) is 35.9 Å². The first-order valence-corrected chi connectivity index (χ1v) is 12.6. The fourth-order valence-corrected chi connectivity index (χ4v) is 5.72. The third-order valence-electron chi connectivity index (χ3n) is 6.36. The van der Waals surface area contributed by atoms with Crippen molar-refractivity contribution in [3.63, 3.8) is 0 Å². The first-order valence-electron chi connectivity index (χ1n) is 11.0. The SMILES string of the molecule is C[C@@H]1CC(C=NS(=O)(=O)CCCc2ccccc2)C[C@@H]1c1nnc2cnc3[nH]ccc3n12. The van der Waals surface area contributed by atoms with Crippen molar-refractivity contribution in [3.05, 3.63) is 60.2 Å². The summed E-state index contributed by atoms with van der Waals surface area (Å²) in [6, 6.07) is 11.9. The molecule has 0 radical (unpaired) electrons. The van der Waals surface area contributed by atoms with Crippen molar-refractivity contribution in [1.29, 1.82) is 0 Å². The molecule has 0 saturated heterocycles. The number of rotatable bonds is 7. The summed E-state index contributed by atoms with van der Waals surface area (Å²) in [5.74, 6) is 1.61. The molecule has 0 aliphatic heterocycles. The quantitative estimate of drug-likeness (QED) is 0.432. The summed E-state index contributed by atoms with van der Waals surface area (Å²) in [5.41, 5.74) is 3.61. The molecule has 1 aromatic carbocycles. The molecule has 4 aromatic rings. The molecule has 1 aliphatic carbocycles. The maximum atomic E-state index is 12.4. The Morgan fingerprint density at radius 1 is 1.19 bits per heavy atom. The minimum Gasteiger partial charge on any atom is -0.345 e. The van der Waals surface area contributed by atoms with E-state index in [1.54, 1.807) is 12.4 Å². The van der Waals surface area contributed by atoms with Gasteiger partial charge in [-0.2, -0.15) is 4.40 Å². The van der Waals surface area contributed by atoms with Crippen LogP contribution in [-0.2, 0) is 16.4 Å². The van der Waals surface area contributed by atoms with Gasteiger partial charge in [-0.1, -0.05) is 37.3 Å². The molecule has 1 saturated carbocycles. The van der Waals surface area contributed by atoms with Crippen molar-refractivity contribution in [1.82, 2.24) is 24.6 Å². The lowest BCUT2D eigenvalue weighted by Gasteiger charge is -2.13. The van der Waals surface area contributed by atoms with Gasteiger partial charge in [-0.3, -0.25) is 4.40 Å². The average molecular weight is 451 g/mol. The van der Waals surface area contributed by atoms with Crippen LogP contribution in [0.3, 0.4) is 0 Å². The van der Waals surface area contributed by atoms with Crippen LogP contribution in [0, 0.1) is 11.8 Å². The van der Waals surface area contributed by atoms with Crippen molar-refractivity contribution in [2.45, 2.75) is 38.5 Å². The number of hydrogen-bond acceptors (Lipinski definition) is 5. The van der Waals surface area contributed by atoms with Gasteiger partial charge in [-0.15, -0.1) is 10.2 Å². The van der Waals surface area contributed by atoms with Gasteiger partial charge in [-0.05, 0) is 49.1 Å². The molecule has 5 rings (SSSR count). The molecular formula is C23H26N6O2S. The van der Waals surface area contributed by atoms with Crippen molar-refractivity contribution < 1.29 is 8.42 Å². The van der Waals surface area contributed by atoms with Gasteiger partial charge in [0.15, 0.2) is 11.3 Å². The van der Waals surface area contributed by atoms with Crippen molar-refractivity contribution in [3.8, 4) is 0 Å². The van der Waals surface area contributed by atoms with Gasteiger partial charge in [0.25, 0.3) is 10.0 Å². The molecule has 0 bridgehead atoms. The van der Waals surface area contributed by atoms with E-state index in [4.69, 9.17) is 0 Å². The third-order valence-corrected chi connectivity index (χ3v) is 7.61. The van der Waals surface area contributed by atoms with Crippen LogP contribution < -0.4 is 0 Å². The highest BCUT2D eigenvalue weighted by Gasteiger charge is 2.35. The monoisotopic (exact) mass is 450 g/mol. The van der Waals surface area contributed by atoms with Gasteiger partial charge in [0.1, 0.15) is 5.82 Å². The van der Waals surface area contributed by atoms with E-state index >= 15 is 0 Å². The van der Waals surface area contributed by atoms with E-state index in [0.29, 0.717) is 12.3 Å². The lowest BCUT2D eigenvalue weighted by atomic mass is 9.97. The molecule has 1 N–H and O–H groups in total. The van der Waals surface area contributed by atoms with E-state index in [1.807, 2.05) is 42.6 Å². The number of sulfonamides is 1. The number of benzene rings is 1. The van der Waals surface area contributed by atoms with E-state index in [9.17, 15) is 8.42 Å². The Bertz CT molecular complexity index is 1360. The highest BCUT2D eigenvalue weighted by atomic mass is 32.2. The predicted octanol–water partition coefficient (Wildman–Crippen LogP) is 3.77. The molecule has 3 atom stereocenters. The normalized spacial score (nSPS) is 21.8. The molecule has 0 spiro atoms. The molecule has 1 aliphatic rings. The topological polar surface area (TPSA) is 105 Å². The minimum absolute atomic E-state index is 0.0668. The van der Waals surface area contributed by atoms with Crippen LogP contribution >= 0.6 is 0 Å². The molecule has 1 fully saturated rings. The van der Waals surface area contributed by atoms with Crippen LogP contribution in [-0.4, -0.2) is 45.0 Å². The fourth-order valence-electron chi connectivity index (χ4n) is 4.75. The summed E-state index contributed by atoms with van der Waals surface area (Å²) in [6.07, 6.45) is 8.21. The summed E-state index contributed by atoms with van der Waals surface area (Å²) in [5, 5.41) is 8.77. The van der Waals surface area contributed by atoms with Gasteiger partial charge in [0, 0.05) is 18.3 Å². The van der Waals surface area contributed by atoms with Crippen LogP contribution in [0.4, 0.5) is 0 Å². The Hall–Kier alpha value is -3.07. The van der Waals surface area contributed by atoms with Gasteiger partial charge in [0.2, 0.25) is 0 Å². The standard InChI is InChI=1S/C23H26N6O2S/c1-16-12-18(14-26-32(30,31)11-5-8-17-6-3-2-4-7-17)13-19(16)23-28-27-21-15-25-22-20(29(21)23)9-10-24-22/h2-4,6-7,9-10,14-16,18-19,24H,5,8,11-13H2,1H3/t16-,18?,19+/m1/s1. The smallest absolute Gasteiger partial charge is 0.252 e. The number of nitrogens with zero attached hydrogens (tertiary/aromatic N) is 5. The zero-order valence-electron chi connectivity index (χ0n) is 17.9. The Balaban J connectivity index is 1.27. The number of fused-ring (bicyclic) bond motifs is 3. The van der Waals surface area contributed by atoms with E-state index in [-0.39, 0.29) is 17.6 Å². The number of H-pyrrole nitrogens is 1. The Morgan fingerprint density at radius 2 is 2.03 bits per heavy atom. The molecule has 0 amide bonds. The Kier molecular flexibility index (Phi) is 5.50. The van der Waals surface area contributed by atoms with E-state index < -0.39 is 10.0 Å². The maximum absolute atomic E-state index is 12.4. The zero-order chi connectivity index (χ0) is 22.1. The van der Waals surface area contributed by atoms with Crippen LogP contribution in [0.15, 0.2) is 53.2 Å². The number of aromatic amines is 1. The summed E-state index contributed by atoms with van der Waals surface area (Å²) in [6.45, 7) is 2.18. The Morgan fingerprint density at radius 3 is 2.88 bits per heavy atom. The van der Waals surface area contributed by atoms with Gasteiger partial charge in [-0.25, -0.2) is 13.4 Å². The predicted molar refractivity (Wildman–Crippen MR) is 124 cm³/mol. The second-order valence-electron chi connectivity index (χ2n) is 8.67. The van der Waals surface area contributed by atoms with Gasteiger partial charge in [0.05, 0.1) is 17.5 Å². The first-order chi connectivity index (χ1) is 15.5. The number of nitrogens with one attached hydrogen (secondary N) is 1. The number of aryl methyl sites for hydroxylation is 1. The summed E-state index contributed by atoms with van der Waals surface area (Å²) in [4.78, 5) is 7.50. The van der Waals surface area contributed by atoms with E-state index in [1.165, 1.54) is 0 Å². The molecule has 3 aromatic heterocycles. The van der Waals surface area contributed by atoms with Crippen molar-refractivity contribution >= 4 is 33.0 Å². The molecular weight excluding hydrogens is 424 g/mol. The largest absolute Gasteiger partial charge is 0.345 e. The molecule has 166 valence electrons. The molecule has 32 heavy (non-hydrogen) atoms. The molecule has 1 unspecified atom stereocenters. The number of hydrogen-bond donors (Lipinski definition) is 1. The lowest BCUT2D eigenvalue weighted by Crippen LogP contribution is -2.08. The Labute approximate surface area is 186 Å². The van der Waals surface area contributed by atoms with Crippen LogP contribution in [0.25, 0.3) is 16.8 Å².